The molecule has 1 fully saturated rings. The van der Waals surface area contributed by atoms with Crippen LogP contribution in [-0.2, 0) is 0 Å². The van der Waals surface area contributed by atoms with E-state index in [0.29, 0.717) is 11.6 Å². The highest BCUT2D eigenvalue weighted by Gasteiger charge is 2.31. The fraction of sp³-hybridized carbons (Fsp3) is 0.375. The summed E-state index contributed by atoms with van der Waals surface area (Å²) in [5.74, 6) is 0.819. The first kappa shape index (κ1) is 15.2. The van der Waals surface area contributed by atoms with Gasteiger partial charge in [-0.05, 0) is 38.3 Å². The standard InChI is InChI=1S/C16H18N4O3/c1-12-7-5-6-10-19(12)15-14(20(21)22)16(18-11-17-15)23-13-8-3-2-4-9-13/h2-4,8-9,11-12H,5-7,10H2,1H3. The Morgan fingerprint density at radius 2 is 2.04 bits per heavy atom. The minimum Gasteiger partial charge on any atom is -0.434 e. The molecule has 7 nitrogen and oxygen atoms in total. The topological polar surface area (TPSA) is 81.4 Å². The van der Waals surface area contributed by atoms with Crippen molar-refractivity contribution < 1.29 is 9.66 Å². The number of hydrogen-bond donors (Lipinski definition) is 0. The van der Waals surface area contributed by atoms with Gasteiger partial charge in [0.25, 0.3) is 0 Å². The molecule has 0 spiro atoms. The first-order valence-electron chi connectivity index (χ1n) is 7.65. The summed E-state index contributed by atoms with van der Waals surface area (Å²) >= 11 is 0. The minimum absolute atomic E-state index is 0.0241. The van der Waals surface area contributed by atoms with Crippen LogP contribution < -0.4 is 9.64 Å². The Labute approximate surface area is 134 Å². The second-order valence-electron chi connectivity index (χ2n) is 5.56. The van der Waals surface area contributed by atoms with Crippen LogP contribution in [0, 0.1) is 10.1 Å². The number of rotatable bonds is 4. The number of hydrogen-bond acceptors (Lipinski definition) is 6. The zero-order chi connectivity index (χ0) is 16.2. The Kier molecular flexibility index (Phi) is 4.36. The van der Waals surface area contributed by atoms with Crippen LogP contribution in [0.15, 0.2) is 36.7 Å². The van der Waals surface area contributed by atoms with Gasteiger partial charge >= 0.3 is 11.6 Å². The van der Waals surface area contributed by atoms with E-state index in [1.165, 1.54) is 6.33 Å². The summed E-state index contributed by atoms with van der Waals surface area (Å²) < 4.78 is 5.62. The van der Waals surface area contributed by atoms with Crippen LogP contribution in [-0.4, -0.2) is 27.5 Å². The summed E-state index contributed by atoms with van der Waals surface area (Å²) in [6.45, 7) is 2.81. The van der Waals surface area contributed by atoms with E-state index in [1.807, 2.05) is 11.0 Å². The summed E-state index contributed by atoms with van der Waals surface area (Å²) in [5.41, 5.74) is -0.176. The number of para-hydroxylation sites is 1. The number of aromatic nitrogens is 2. The van der Waals surface area contributed by atoms with Crippen molar-refractivity contribution in [3.8, 4) is 11.6 Å². The summed E-state index contributed by atoms with van der Waals surface area (Å²) in [7, 11) is 0. The van der Waals surface area contributed by atoms with E-state index in [4.69, 9.17) is 4.74 Å². The van der Waals surface area contributed by atoms with E-state index < -0.39 is 4.92 Å². The van der Waals surface area contributed by atoms with Crippen molar-refractivity contribution >= 4 is 11.5 Å². The van der Waals surface area contributed by atoms with Crippen molar-refractivity contribution in [2.45, 2.75) is 32.2 Å². The molecule has 0 saturated carbocycles. The van der Waals surface area contributed by atoms with Gasteiger partial charge in [-0.25, -0.2) is 4.98 Å². The van der Waals surface area contributed by atoms with Gasteiger partial charge in [0, 0.05) is 12.6 Å². The van der Waals surface area contributed by atoms with Gasteiger partial charge in [-0.3, -0.25) is 10.1 Å². The Morgan fingerprint density at radius 3 is 2.74 bits per heavy atom. The molecule has 1 aliphatic heterocycles. The predicted molar refractivity (Wildman–Crippen MR) is 85.9 cm³/mol. The molecule has 0 radical (unpaired) electrons. The van der Waals surface area contributed by atoms with E-state index in [0.717, 1.165) is 25.8 Å². The third kappa shape index (κ3) is 3.23. The molecule has 1 atom stereocenters. The second kappa shape index (κ2) is 6.60. The Hall–Kier alpha value is -2.70. The van der Waals surface area contributed by atoms with Gasteiger partial charge in [-0.15, -0.1) is 0 Å². The molecule has 3 rings (SSSR count). The third-order valence-electron chi connectivity index (χ3n) is 3.98. The maximum absolute atomic E-state index is 11.6. The quantitative estimate of drug-likeness (QED) is 0.634. The van der Waals surface area contributed by atoms with Gasteiger partial charge in [0.1, 0.15) is 12.1 Å². The van der Waals surface area contributed by atoms with Gasteiger partial charge in [0.05, 0.1) is 4.92 Å². The monoisotopic (exact) mass is 314 g/mol. The zero-order valence-corrected chi connectivity index (χ0v) is 12.9. The van der Waals surface area contributed by atoms with E-state index in [1.54, 1.807) is 24.3 Å². The Balaban J connectivity index is 2.00. The smallest absolute Gasteiger partial charge is 0.373 e. The Morgan fingerprint density at radius 1 is 1.26 bits per heavy atom. The van der Waals surface area contributed by atoms with Crippen LogP contribution in [0.5, 0.6) is 11.6 Å². The van der Waals surface area contributed by atoms with Gasteiger partial charge < -0.3 is 9.64 Å². The molecule has 0 amide bonds. The number of benzene rings is 1. The van der Waals surface area contributed by atoms with Crippen LogP contribution in [0.2, 0.25) is 0 Å². The molecule has 2 heterocycles. The van der Waals surface area contributed by atoms with E-state index in [9.17, 15) is 10.1 Å². The molecule has 1 aromatic carbocycles. The van der Waals surface area contributed by atoms with Crippen molar-refractivity contribution in [2.24, 2.45) is 0 Å². The molecular formula is C16H18N4O3. The molecule has 120 valence electrons. The molecule has 7 heteroatoms. The third-order valence-corrected chi connectivity index (χ3v) is 3.98. The largest absolute Gasteiger partial charge is 0.434 e. The summed E-state index contributed by atoms with van der Waals surface area (Å²) in [6.07, 6.45) is 4.45. The van der Waals surface area contributed by atoms with Crippen LogP contribution >= 0.6 is 0 Å². The Bertz CT molecular complexity index is 693. The molecule has 23 heavy (non-hydrogen) atoms. The molecule has 0 aliphatic carbocycles. The maximum atomic E-state index is 11.6. The molecule has 1 aliphatic rings. The lowest BCUT2D eigenvalue weighted by Crippen LogP contribution is -2.38. The highest BCUT2D eigenvalue weighted by atomic mass is 16.6. The SMILES string of the molecule is CC1CCCCN1c1ncnc(Oc2ccccc2)c1[N+](=O)[O-]. The van der Waals surface area contributed by atoms with Crippen molar-refractivity contribution in [1.29, 1.82) is 0 Å². The first-order chi connectivity index (χ1) is 11.2. The van der Waals surface area contributed by atoms with Crippen LogP contribution in [0.1, 0.15) is 26.2 Å². The molecule has 1 saturated heterocycles. The first-order valence-corrected chi connectivity index (χ1v) is 7.65. The van der Waals surface area contributed by atoms with Crippen molar-refractivity contribution in [2.75, 3.05) is 11.4 Å². The van der Waals surface area contributed by atoms with E-state index in [-0.39, 0.29) is 17.6 Å². The average molecular weight is 314 g/mol. The fourth-order valence-corrected chi connectivity index (χ4v) is 2.81. The number of nitro groups is 1. The molecule has 2 aromatic rings. The minimum atomic E-state index is -0.463. The second-order valence-corrected chi connectivity index (χ2v) is 5.56. The number of ether oxygens (including phenoxy) is 1. The van der Waals surface area contributed by atoms with Crippen LogP contribution in [0.25, 0.3) is 0 Å². The van der Waals surface area contributed by atoms with Crippen molar-refractivity contribution in [3.05, 3.63) is 46.8 Å². The lowest BCUT2D eigenvalue weighted by molar-refractivity contribution is -0.385. The van der Waals surface area contributed by atoms with E-state index >= 15 is 0 Å². The highest BCUT2D eigenvalue weighted by molar-refractivity contribution is 5.64. The predicted octanol–water partition coefficient (Wildman–Crippen LogP) is 3.56. The molecular weight excluding hydrogens is 296 g/mol. The van der Waals surface area contributed by atoms with E-state index in [2.05, 4.69) is 16.9 Å². The number of piperidine rings is 1. The van der Waals surface area contributed by atoms with Gasteiger partial charge in [-0.1, -0.05) is 18.2 Å². The van der Waals surface area contributed by atoms with Gasteiger partial charge in [-0.2, -0.15) is 4.98 Å². The van der Waals surface area contributed by atoms with Gasteiger partial charge in [0.2, 0.25) is 5.82 Å². The fourth-order valence-electron chi connectivity index (χ4n) is 2.81. The highest BCUT2D eigenvalue weighted by Crippen LogP contribution is 2.38. The van der Waals surface area contributed by atoms with Crippen molar-refractivity contribution in [3.63, 3.8) is 0 Å². The summed E-state index contributed by atoms with van der Waals surface area (Å²) in [5, 5.41) is 11.6. The van der Waals surface area contributed by atoms with Crippen molar-refractivity contribution in [1.82, 2.24) is 9.97 Å². The van der Waals surface area contributed by atoms with Crippen LogP contribution in [0.3, 0.4) is 0 Å². The molecule has 0 N–H and O–H groups in total. The zero-order valence-electron chi connectivity index (χ0n) is 12.9. The lowest BCUT2D eigenvalue weighted by atomic mass is 10.0. The molecule has 0 bridgehead atoms. The number of nitrogens with zero attached hydrogens (tertiary/aromatic N) is 4. The summed E-state index contributed by atoms with van der Waals surface area (Å²) in [4.78, 5) is 21.3. The average Bonchev–Trinajstić information content (AvgIpc) is 2.56. The maximum Gasteiger partial charge on any atom is 0.373 e. The number of anilines is 1. The summed E-state index contributed by atoms with van der Waals surface area (Å²) in [6, 6.07) is 9.12. The lowest BCUT2D eigenvalue weighted by Gasteiger charge is -2.33. The normalized spacial score (nSPS) is 17.8. The van der Waals surface area contributed by atoms with Gasteiger partial charge in [0.15, 0.2) is 0 Å². The van der Waals surface area contributed by atoms with Crippen LogP contribution in [0.4, 0.5) is 11.5 Å². The molecule has 1 aromatic heterocycles. The molecule has 1 unspecified atom stereocenters.